The van der Waals surface area contributed by atoms with Crippen LogP contribution < -0.4 is 10.6 Å². The normalized spacial score (nSPS) is 12.2. The monoisotopic (exact) mass is 458 g/mol. The van der Waals surface area contributed by atoms with Crippen LogP contribution in [0.5, 0.6) is 0 Å². The molecule has 0 bridgehead atoms. The van der Waals surface area contributed by atoms with Gasteiger partial charge in [-0.2, -0.15) is 0 Å². The molecule has 1 unspecified atom stereocenters. The molecule has 6 heteroatoms. The van der Waals surface area contributed by atoms with Gasteiger partial charge in [0.1, 0.15) is 0 Å². The fraction of sp³-hybridized carbons (Fsp3) is 0.333. The molecule has 24 heavy (non-hydrogen) atoms. The van der Waals surface area contributed by atoms with E-state index >= 15 is 0 Å². The second-order valence-electron chi connectivity index (χ2n) is 5.44. The lowest BCUT2D eigenvalue weighted by Gasteiger charge is -2.19. The summed E-state index contributed by atoms with van der Waals surface area (Å²) in [4.78, 5) is 8.57. The molecule has 0 aliphatic heterocycles. The second-order valence-corrected chi connectivity index (χ2v) is 5.85. The van der Waals surface area contributed by atoms with Gasteiger partial charge in [0.15, 0.2) is 5.96 Å². The van der Waals surface area contributed by atoms with Crippen LogP contribution in [0.3, 0.4) is 0 Å². The predicted octanol–water partition coefficient (Wildman–Crippen LogP) is 4.13. The number of aliphatic imine (C=N–C) groups is 1. The van der Waals surface area contributed by atoms with E-state index in [-0.39, 0.29) is 30.0 Å². The van der Waals surface area contributed by atoms with Crippen LogP contribution in [0.1, 0.15) is 29.8 Å². The number of pyridine rings is 1. The Kier molecular flexibility index (Phi) is 9.07. The maximum atomic E-state index is 6.24. The highest BCUT2D eigenvalue weighted by Gasteiger charge is 2.10. The predicted molar refractivity (Wildman–Crippen MR) is 112 cm³/mol. The van der Waals surface area contributed by atoms with E-state index in [2.05, 4.69) is 33.6 Å². The van der Waals surface area contributed by atoms with E-state index < -0.39 is 0 Å². The van der Waals surface area contributed by atoms with Crippen molar-refractivity contribution in [1.82, 2.24) is 15.6 Å². The first-order chi connectivity index (χ1) is 11.1. The van der Waals surface area contributed by atoms with Crippen LogP contribution in [-0.4, -0.2) is 24.5 Å². The first-order valence-corrected chi connectivity index (χ1v) is 8.11. The molecular weight excluding hydrogens is 435 g/mol. The molecule has 1 aromatic carbocycles. The van der Waals surface area contributed by atoms with E-state index in [0.29, 0.717) is 0 Å². The molecule has 2 N–H and O–H groups in total. The molecule has 0 aliphatic rings. The second kappa shape index (κ2) is 10.5. The van der Waals surface area contributed by atoms with E-state index in [0.717, 1.165) is 35.2 Å². The molecule has 2 aromatic rings. The van der Waals surface area contributed by atoms with Crippen molar-refractivity contribution in [3.63, 3.8) is 0 Å². The number of hydrogen-bond donors (Lipinski definition) is 2. The van der Waals surface area contributed by atoms with Gasteiger partial charge in [-0.25, -0.2) is 0 Å². The number of nitrogens with zero attached hydrogens (tertiary/aromatic N) is 2. The van der Waals surface area contributed by atoms with E-state index in [1.807, 2.05) is 43.5 Å². The molecule has 0 saturated heterocycles. The number of guanidine groups is 1. The standard InChI is InChI=1S/C18H23ClN4.HI/c1-13-8-9-15(12-22-13)10-11-21-18(20-3)23-14(2)16-6-4-5-7-17(16)19;/h4-9,12,14H,10-11H2,1-3H3,(H2,20,21,23);1H. The molecule has 1 atom stereocenters. The molecular formula is C18H24ClIN4. The van der Waals surface area contributed by atoms with Gasteiger partial charge in [-0.15, -0.1) is 24.0 Å². The minimum Gasteiger partial charge on any atom is -0.356 e. The highest BCUT2D eigenvalue weighted by atomic mass is 127. The minimum absolute atomic E-state index is 0. The smallest absolute Gasteiger partial charge is 0.191 e. The number of hydrogen-bond acceptors (Lipinski definition) is 2. The zero-order valence-electron chi connectivity index (χ0n) is 14.2. The summed E-state index contributed by atoms with van der Waals surface area (Å²) in [5.74, 6) is 0.762. The maximum absolute atomic E-state index is 6.24. The molecule has 0 saturated carbocycles. The summed E-state index contributed by atoms with van der Waals surface area (Å²) in [6.07, 6.45) is 2.81. The first-order valence-electron chi connectivity index (χ1n) is 7.73. The van der Waals surface area contributed by atoms with Crippen molar-refractivity contribution in [2.75, 3.05) is 13.6 Å². The SMILES string of the molecule is CN=C(NCCc1ccc(C)nc1)NC(C)c1ccccc1Cl.I. The lowest BCUT2D eigenvalue weighted by molar-refractivity contribution is 0.684. The molecule has 0 spiro atoms. The van der Waals surface area contributed by atoms with Crippen LogP contribution >= 0.6 is 35.6 Å². The Morgan fingerprint density at radius 3 is 2.62 bits per heavy atom. The van der Waals surface area contributed by atoms with E-state index in [9.17, 15) is 0 Å². The Morgan fingerprint density at radius 1 is 1.25 bits per heavy atom. The average Bonchev–Trinajstić information content (AvgIpc) is 2.56. The summed E-state index contributed by atoms with van der Waals surface area (Å²) in [5, 5.41) is 7.44. The van der Waals surface area contributed by atoms with Crippen LogP contribution in [-0.2, 0) is 6.42 Å². The largest absolute Gasteiger partial charge is 0.356 e. The number of halogens is 2. The fourth-order valence-corrected chi connectivity index (χ4v) is 2.57. The molecule has 1 aromatic heterocycles. The van der Waals surface area contributed by atoms with Crippen molar-refractivity contribution in [3.8, 4) is 0 Å². The highest BCUT2D eigenvalue weighted by molar-refractivity contribution is 14.0. The summed E-state index contributed by atoms with van der Waals surface area (Å²) in [6, 6.07) is 12.0. The molecule has 0 fully saturated rings. The van der Waals surface area contributed by atoms with Crippen molar-refractivity contribution in [3.05, 3.63) is 64.4 Å². The number of aromatic nitrogens is 1. The van der Waals surface area contributed by atoms with Gasteiger partial charge >= 0.3 is 0 Å². The maximum Gasteiger partial charge on any atom is 0.191 e. The lowest BCUT2D eigenvalue weighted by atomic mass is 10.1. The third kappa shape index (κ3) is 6.28. The summed E-state index contributed by atoms with van der Waals surface area (Å²) >= 11 is 6.24. The minimum atomic E-state index is 0. The van der Waals surface area contributed by atoms with Crippen molar-refractivity contribution >= 4 is 41.5 Å². The molecule has 1 heterocycles. The molecule has 0 amide bonds. The van der Waals surface area contributed by atoms with Crippen LogP contribution in [0.4, 0.5) is 0 Å². The third-order valence-corrected chi connectivity index (χ3v) is 3.97. The fourth-order valence-electron chi connectivity index (χ4n) is 2.28. The molecule has 2 rings (SSSR count). The topological polar surface area (TPSA) is 49.3 Å². The quantitative estimate of drug-likeness (QED) is 0.402. The van der Waals surface area contributed by atoms with Crippen LogP contribution in [0.15, 0.2) is 47.6 Å². The zero-order chi connectivity index (χ0) is 16.7. The summed E-state index contributed by atoms with van der Waals surface area (Å²) in [7, 11) is 1.77. The summed E-state index contributed by atoms with van der Waals surface area (Å²) < 4.78 is 0. The first kappa shape index (κ1) is 20.7. The van der Waals surface area contributed by atoms with Gasteiger partial charge in [0.25, 0.3) is 0 Å². The van der Waals surface area contributed by atoms with Gasteiger partial charge in [-0.05, 0) is 43.5 Å². The lowest BCUT2D eigenvalue weighted by Crippen LogP contribution is -2.39. The van der Waals surface area contributed by atoms with Crippen molar-refractivity contribution in [2.45, 2.75) is 26.3 Å². The molecule has 130 valence electrons. The number of rotatable bonds is 5. The van der Waals surface area contributed by atoms with E-state index in [4.69, 9.17) is 11.6 Å². The zero-order valence-corrected chi connectivity index (χ0v) is 17.3. The summed E-state index contributed by atoms with van der Waals surface area (Å²) in [5.41, 5.74) is 3.30. The van der Waals surface area contributed by atoms with E-state index in [1.54, 1.807) is 7.05 Å². The van der Waals surface area contributed by atoms with Gasteiger partial charge in [-0.1, -0.05) is 35.9 Å². The van der Waals surface area contributed by atoms with Gasteiger partial charge in [0.05, 0.1) is 6.04 Å². The Hall–Kier alpha value is -1.34. The van der Waals surface area contributed by atoms with Gasteiger partial charge in [0, 0.05) is 30.5 Å². The van der Waals surface area contributed by atoms with Crippen molar-refractivity contribution in [2.24, 2.45) is 4.99 Å². The van der Waals surface area contributed by atoms with Crippen molar-refractivity contribution < 1.29 is 0 Å². The van der Waals surface area contributed by atoms with E-state index in [1.165, 1.54) is 5.56 Å². The highest BCUT2D eigenvalue weighted by Crippen LogP contribution is 2.21. The summed E-state index contributed by atoms with van der Waals surface area (Å²) in [6.45, 7) is 4.85. The number of benzene rings is 1. The Labute approximate surface area is 166 Å². The molecule has 0 radical (unpaired) electrons. The van der Waals surface area contributed by atoms with Crippen LogP contribution in [0.25, 0.3) is 0 Å². The number of nitrogens with one attached hydrogen (secondary N) is 2. The Bertz CT molecular complexity index is 658. The Balaban J connectivity index is 0.00000288. The van der Waals surface area contributed by atoms with Gasteiger partial charge in [-0.3, -0.25) is 9.98 Å². The number of aryl methyl sites for hydroxylation is 1. The van der Waals surface area contributed by atoms with Gasteiger partial charge < -0.3 is 10.6 Å². The Morgan fingerprint density at radius 2 is 2.00 bits per heavy atom. The van der Waals surface area contributed by atoms with Gasteiger partial charge in [0.2, 0.25) is 0 Å². The third-order valence-electron chi connectivity index (χ3n) is 3.63. The van der Waals surface area contributed by atoms with Crippen LogP contribution in [0.2, 0.25) is 5.02 Å². The molecule has 4 nitrogen and oxygen atoms in total. The molecule has 0 aliphatic carbocycles. The van der Waals surface area contributed by atoms with Crippen LogP contribution in [0, 0.1) is 6.92 Å². The van der Waals surface area contributed by atoms with Crippen molar-refractivity contribution in [1.29, 1.82) is 0 Å². The average molecular weight is 459 g/mol.